The first-order chi connectivity index (χ1) is 13.8. The van der Waals surface area contributed by atoms with Crippen LogP contribution < -0.4 is 10.2 Å². The molecule has 0 aliphatic carbocycles. The molecular formula is C21H19N5OS. The molecule has 1 saturated heterocycles. The van der Waals surface area contributed by atoms with Crippen molar-refractivity contribution in [3.63, 3.8) is 0 Å². The lowest BCUT2D eigenvalue weighted by molar-refractivity contribution is -0.117. The number of carbonyl (C=O) groups is 1. The third kappa shape index (κ3) is 3.03. The molecule has 2 aromatic heterocycles. The minimum absolute atomic E-state index is 0.0218. The fraction of sp³-hybridized carbons (Fsp3) is 0.190. The van der Waals surface area contributed by atoms with E-state index in [-0.39, 0.29) is 11.9 Å². The SMILES string of the molecule is O=C(Nc1ccc(-n2cnc3ccccc32)cc1)C1CCCN1c1nccs1. The van der Waals surface area contributed by atoms with Crippen LogP contribution in [0.1, 0.15) is 12.8 Å². The zero-order valence-corrected chi connectivity index (χ0v) is 16.0. The molecule has 0 radical (unpaired) electrons. The molecule has 7 heteroatoms. The Labute approximate surface area is 166 Å². The number of hydrogen-bond donors (Lipinski definition) is 1. The van der Waals surface area contributed by atoms with Crippen LogP contribution in [-0.2, 0) is 4.79 Å². The van der Waals surface area contributed by atoms with E-state index in [1.165, 1.54) is 0 Å². The summed E-state index contributed by atoms with van der Waals surface area (Å²) in [6, 6.07) is 15.7. The van der Waals surface area contributed by atoms with Crippen LogP contribution in [0.25, 0.3) is 16.7 Å². The minimum atomic E-state index is -0.164. The van der Waals surface area contributed by atoms with Gasteiger partial charge in [0, 0.05) is 29.5 Å². The van der Waals surface area contributed by atoms with Crippen LogP contribution in [0.3, 0.4) is 0 Å². The van der Waals surface area contributed by atoms with Crippen molar-refractivity contribution in [3.8, 4) is 5.69 Å². The lowest BCUT2D eigenvalue weighted by Gasteiger charge is -2.23. The van der Waals surface area contributed by atoms with Gasteiger partial charge in [-0.05, 0) is 49.2 Å². The number of para-hydroxylation sites is 2. The molecule has 2 aromatic carbocycles. The number of imidazole rings is 1. The second kappa shape index (κ2) is 7.09. The maximum Gasteiger partial charge on any atom is 0.247 e. The smallest absolute Gasteiger partial charge is 0.247 e. The summed E-state index contributed by atoms with van der Waals surface area (Å²) in [5.41, 5.74) is 3.83. The Bertz CT molecular complexity index is 1100. The Morgan fingerprint density at radius 3 is 2.79 bits per heavy atom. The molecular weight excluding hydrogens is 370 g/mol. The zero-order chi connectivity index (χ0) is 18.9. The molecule has 1 aliphatic rings. The molecule has 1 N–H and O–H groups in total. The van der Waals surface area contributed by atoms with Crippen LogP contribution in [0.4, 0.5) is 10.8 Å². The number of fused-ring (bicyclic) bond motifs is 1. The number of thiazole rings is 1. The molecule has 1 atom stereocenters. The van der Waals surface area contributed by atoms with Crippen LogP contribution in [-0.4, -0.2) is 33.0 Å². The number of hydrogen-bond acceptors (Lipinski definition) is 5. The van der Waals surface area contributed by atoms with Crippen LogP contribution >= 0.6 is 11.3 Å². The number of carbonyl (C=O) groups excluding carboxylic acids is 1. The normalized spacial score (nSPS) is 16.6. The monoisotopic (exact) mass is 389 g/mol. The Kier molecular flexibility index (Phi) is 4.29. The summed E-state index contributed by atoms with van der Waals surface area (Å²) in [5, 5.41) is 5.92. The molecule has 3 heterocycles. The van der Waals surface area contributed by atoms with Crippen molar-refractivity contribution in [2.45, 2.75) is 18.9 Å². The van der Waals surface area contributed by atoms with E-state index in [2.05, 4.69) is 20.2 Å². The van der Waals surface area contributed by atoms with E-state index in [1.54, 1.807) is 17.5 Å². The average molecular weight is 389 g/mol. The van der Waals surface area contributed by atoms with Crippen molar-refractivity contribution in [1.82, 2.24) is 14.5 Å². The van der Waals surface area contributed by atoms with Gasteiger partial charge >= 0.3 is 0 Å². The van der Waals surface area contributed by atoms with Crippen molar-refractivity contribution in [2.24, 2.45) is 0 Å². The van der Waals surface area contributed by atoms with Gasteiger partial charge in [0.05, 0.1) is 11.0 Å². The summed E-state index contributed by atoms with van der Waals surface area (Å²) < 4.78 is 2.04. The van der Waals surface area contributed by atoms with Gasteiger partial charge in [-0.2, -0.15) is 0 Å². The molecule has 1 aliphatic heterocycles. The predicted octanol–water partition coefficient (Wildman–Crippen LogP) is 4.09. The summed E-state index contributed by atoms with van der Waals surface area (Å²) in [6.07, 6.45) is 5.46. The summed E-state index contributed by atoms with van der Waals surface area (Å²) in [5.74, 6) is 0.0218. The molecule has 0 bridgehead atoms. The minimum Gasteiger partial charge on any atom is -0.336 e. The van der Waals surface area contributed by atoms with Crippen molar-refractivity contribution < 1.29 is 4.79 Å². The van der Waals surface area contributed by atoms with Gasteiger partial charge in [0.1, 0.15) is 12.4 Å². The lowest BCUT2D eigenvalue weighted by Crippen LogP contribution is -2.39. The van der Waals surface area contributed by atoms with E-state index in [1.807, 2.05) is 64.8 Å². The maximum absolute atomic E-state index is 12.8. The van der Waals surface area contributed by atoms with Gasteiger partial charge in [-0.3, -0.25) is 9.36 Å². The number of nitrogens with one attached hydrogen (secondary N) is 1. The molecule has 0 saturated carbocycles. The molecule has 5 rings (SSSR count). The Morgan fingerprint density at radius 1 is 1.11 bits per heavy atom. The summed E-state index contributed by atoms with van der Waals surface area (Å²) in [4.78, 5) is 23.7. The van der Waals surface area contributed by atoms with Crippen LogP contribution in [0.5, 0.6) is 0 Å². The predicted molar refractivity (Wildman–Crippen MR) is 112 cm³/mol. The molecule has 1 amide bonds. The molecule has 4 aromatic rings. The number of anilines is 2. The Balaban J connectivity index is 1.33. The molecule has 28 heavy (non-hydrogen) atoms. The van der Waals surface area contributed by atoms with E-state index in [4.69, 9.17) is 0 Å². The zero-order valence-electron chi connectivity index (χ0n) is 15.2. The number of amides is 1. The quantitative estimate of drug-likeness (QED) is 0.571. The van der Waals surface area contributed by atoms with Gasteiger partial charge in [0.25, 0.3) is 0 Å². The highest BCUT2D eigenvalue weighted by atomic mass is 32.1. The van der Waals surface area contributed by atoms with Gasteiger partial charge in [-0.25, -0.2) is 9.97 Å². The van der Waals surface area contributed by atoms with Crippen LogP contribution in [0.2, 0.25) is 0 Å². The first-order valence-corrected chi connectivity index (χ1v) is 10.2. The second-order valence-corrected chi connectivity index (χ2v) is 7.68. The molecule has 140 valence electrons. The van der Waals surface area contributed by atoms with E-state index in [0.717, 1.165) is 46.9 Å². The topological polar surface area (TPSA) is 63.1 Å². The fourth-order valence-corrected chi connectivity index (χ4v) is 4.44. The third-order valence-electron chi connectivity index (χ3n) is 5.09. The van der Waals surface area contributed by atoms with Gasteiger partial charge in [0.15, 0.2) is 5.13 Å². The first-order valence-electron chi connectivity index (χ1n) is 9.29. The van der Waals surface area contributed by atoms with E-state index in [0.29, 0.717) is 0 Å². The van der Waals surface area contributed by atoms with E-state index >= 15 is 0 Å². The van der Waals surface area contributed by atoms with Crippen molar-refractivity contribution >= 4 is 39.1 Å². The molecule has 0 spiro atoms. The van der Waals surface area contributed by atoms with Gasteiger partial charge in [0.2, 0.25) is 5.91 Å². The van der Waals surface area contributed by atoms with Gasteiger partial charge in [-0.15, -0.1) is 11.3 Å². The molecule has 6 nitrogen and oxygen atoms in total. The number of benzene rings is 2. The Hall–Kier alpha value is -3.19. The standard InChI is InChI=1S/C21H19N5OS/c27-20(19-6-3-12-25(19)21-22-11-13-28-21)24-15-7-9-16(10-8-15)26-14-23-17-4-1-2-5-18(17)26/h1-2,4-5,7-11,13-14,19H,3,6,12H2,(H,24,27). The first kappa shape index (κ1) is 16.9. The van der Waals surface area contributed by atoms with E-state index < -0.39 is 0 Å². The lowest BCUT2D eigenvalue weighted by atomic mass is 10.2. The maximum atomic E-state index is 12.8. The number of aromatic nitrogens is 3. The fourth-order valence-electron chi connectivity index (χ4n) is 3.72. The summed E-state index contributed by atoms with van der Waals surface area (Å²) in [7, 11) is 0. The summed E-state index contributed by atoms with van der Waals surface area (Å²) >= 11 is 1.58. The van der Waals surface area contributed by atoms with Crippen LogP contribution in [0.15, 0.2) is 66.4 Å². The van der Waals surface area contributed by atoms with Crippen molar-refractivity contribution in [1.29, 1.82) is 0 Å². The van der Waals surface area contributed by atoms with Gasteiger partial charge < -0.3 is 10.2 Å². The highest BCUT2D eigenvalue weighted by molar-refractivity contribution is 7.13. The van der Waals surface area contributed by atoms with Crippen molar-refractivity contribution in [3.05, 3.63) is 66.4 Å². The largest absolute Gasteiger partial charge is 0.336 e. The van der Waals surface area contributed by atoms with Gasteiger partial charge in [-0.1, -0.05) is 12.1 Å². The highest BCUT2D eigenvalue weighted by Crippen LogP contribution is 2.28. The third-order valence-corrected chi connectivity index (χ3v) is 5.90. The number of rotatable bonds is 4. The number of nitrogens with zero attached hydrogens (tertiary/aromatic N) is 4. The molecule has 1 unspecified atom stereocenters. The average Bonchev–Trinajstić information content (AvgIpc) is 3.47. The Morgan fingerprint density at radius 2 is 1.96 bits per heavy atom. The second-order valence-electron chi connectivity index (χ2n) is 6.81. The highest BCUT2D eigenvalue weighted by Gasteiger charge is 2.32. The molecule has 1 fully saturated rings. The van der Waals surface area contributed by atoms with E-state index in [9.17, 15) is 4.79 Å². The summed E-state index contributed by atoms with van der Waals surface area (Å²) in [6.45, 7) is 0.873. The van der Waals surface area contributed by atoms with Crippen molar-refractivity contribution in [2.75, 3.05) is 16.8 Å². The van der Waals surface area contributed by atoms with Crippen LogP contribution in [0, 0.1) is 0 Å².